The van der Waals surface area contributed by atoms with Gasteiger partial charge in [0.2, 0.25) is 5.43 Å². The number of carbonyl (C=O) groups is 1. The summed E-state index contributed by atoms with van der Waals surface area (Å²) in [6.07, 6.45) is -4.51. The number of likely N-dealkylation sites (N-methyl/N-ethyl adjacent to an activating group) is 1. The van der Waals surface area contributed by atoms with E-state index in [0.717, 1.165) is 25.2 Å². The molecular weight excluding hydrogens is 409 g/mol. The molecule has 1 atom stereocenters. The van der Waals surface area contributed by atoms with Gasteiger partial charge in [0.25, 0.3) is 5.91 Å². The highest BCUT2D eigenvalue weighted by atomic mass is 19.4. The molecule has 0 spiro atoms. The lowest BCUT2D eigenvalue weighted by Gasteiger charge is -2.32. The van der Waals surface area contributed by atoms with Gasteiger partial charge >= 0.3 is 6.18 Å². The van der Waals surface area contributed by atoms with Gasteiger partial charge in [-0.2, -0.15) is 18.3 Å². The Morgan fingerprint density at radius 3 is 2.39 bits per heavy atom. The van der Waals surface area contributed by atoms with Crippen LogP contribution in [0.1, 0.15) is 49.4 Å². The highest BCUT2D eigenvalue weighted by molar-refractivity contribution is 5.92. The standard InChI is InChI=1S/C22H29F3N4O2/c1-6-28(7-2)18(14(3)4)13-26-21(31)20-19(30)11-15(5)29(27-20)17-10-8-9-16(12-17)22(23,24)25/h8-12,14,18H,6-7,13H2,1-5H3,(H,26,31). The third-order valence-corrected chi connectivity index (χ3v) is 5.26. The first-order chi connectivity index (χ1) is 14.5. The van der Waals surface area contributed by atoms with Crippen LogP contribution in [0.2, 0.25) is 0 Å². The maximum Gasteiger partial charge on any atom is 0.416 e. The zero-order valence-corrected chi connectivity index (χ0v) is 18.5. The fourth-order valence-electron chi connectivity index (χ4n) is 3.54. The lowest BCUT2D eigenvalue weighted by atomic mass is 10.0. The molecule has 0 radical (unpaired) electrons. The minimum absolute atomic E-state index is 0.0788. The van der Waals surface area contributed by atoms with E-state index in [9.17, 15) is 22.8 Å². The van der Waals surface area contributed by atoms with Crippen molar-refractivity contribution in [3.63, 3.8) is 0 Å². The summed E-state index contributed by atoms with van der Waals surface area (Å²) in [6, 6.07) is 5.86. The zero-order valence-electron chi connectivity index (χ0n) is 18.5. The summed E-state index contributed by atoms with van der Waals surface area (Å²) in [4.78, 5) is 27.3. The Bertz CT molecular complexity index is 966. The first-order valence-electron chi connectivity index (χ1n) is 10.3. The van der Waals surface area contributed by atoms with E-state index in [1.54, 1.807) is 6.92 Å². The number of benzene rings is 1. The summed E-state index contributed by atoms with van der Waals surface area (Å²) < 4.78 is 40.4. The van der Waals surface area contributed by atoms with Crippen LogP contribution in [0, 0.1) is 12.8 Å². The van der Waals surface area contributed by atoms with Gasteiger partial charge in [0, 0.05) is 24.3 Å². The highest BCUT2D eigenvalue weighted by Gasteiger charge is 2.30. The van der Waals surface area contributed by atoms with Crippen LogP contribution in [-0.2, 0) is 6.18 Å². The van der Waals surface area contributed by atoms with Crippen LogP contribution < -0.4 is 10.7 Å². The van der Waals surface area contributed by atoms with Crippen molar-refractivity contribution in [1.29, 1.82) is 0 Å². The molecule has 1 aromatic heterocycles. The van der Waals surface area contributed by atoms with Gasteiger partial charge in [0.1, 0.15) is 0 Å². The van der Waals surface area contributed by atoms with Crippen molar-refractivity contribution in [2.75, 3.05) is 19.6 Å². The number of hydrogen-bond acceptors (Lipinski definition) is 4. The molecule has 0 saturated heterocycles. The minimum atomic E-state index is -4.51. The molecule has 1 amide bonds. The Balaban J connectivity index is 2.35. The van der Waals surface area contributed by atoms with E-state index >= 15 is 0 Å². The Kier molecular flexibility index (Phi) is 8.00. The van der Waals surface area contributed by atoms with E-state index in [-0.39, 0.29) is 23.3 Å². The van der Waals surface area contributed by atoms with Gasteiger partial charge in [-0.05, 0) is 44.1 Å². The minimum Gasteiger partial charge on any atom is -0.349 e. The predicted molar refractivity (Wildman–Crippen MR) is 113 cm³/mol. The molecule has 0 saturated carbocycles. The first-order valence-corrected chi connectivity index (χ1v) is 10.3. The van der Waals surface area contributed by atoms with Crippen LogP contribution in [0.4, 0.5) is 13.2 Å². The molecule has 1 aromatic carbocycles. The fraction of sp³-hybridized carbons (Fsp3) is 0.500. The van der Waals surface area contributed by atoms with Gasteiger partial charge in [-0.3, -0.25) is 14.5 Å². The molecule has 0 aliphatic heterocycles. The maximum atomic E-state index is 13.1. The number of hydrogen-bond donors (Lipinski definition) is 1. The average Bonchev–Trinajstić information content (AvgIpc) is 2.70. The molecule has 6 nitrogen and oxygen atoms in total. The second-order valence-electron chi connectivity index (χ2n) is 7.70. The van der Waals surface area contributed by atoms with Gasteiger partial charge < -0.3 is 5.32 Å². The van der Waals surface area contributed by atoms with Crippen LogP contribution in [-0.4, -0.2) is 46.3 Å². The Morgan fingerprint density at radius 1 is 1.19 bits per heavy atom. The van der Waals surface area contributed by atoms with Crippen LogP contribution >= 0.6 is 0 Å². The number of aromatic nitrogens is 2. The van der Waals surface area contributed by atoms with E-state index in [0.29, 0.717) is 12.2 Å². The van der Waals surface area contributed by atoms with Crippen LogP contribution in [0.5, 0.6) is 0 Å². The number of amides is 1. The van der Waals surface area contributed by atoms with Crippen molar-refractivity contribution < 1.29 is 18.0 Å². The highest BCUT2D eigenvalue weighted by Crippen LogP contribution is 2.30. The third-order valence-electron chi connectivity index (χ3n) is 5.26. The molecule has 31 heavy (non-hydrogen) atoms. The lowest BCUT2D eigenvalue weighted by Crippen LogP contribution is -2.47. The number of nitrogens with one attached hydrogen (secondary N) is 1. The second-order valence-corrected chi connectivity index (χ2v) is 7.70. The van der Waals surface area contributed by atoms with Gasteiger partial charge in [0.05, 0.1) is 11.3 Å². The van der Waals surface area contributed by atoms with Crippen LogP contribution in [0.25, 0.3) is 5.69 Å². The van der Waals surface area contributed by atoms with Crippen LogP contribution in [0.15, 0.2) is 35.1 Å². The summed E-state index contributed by atoms with van der Waals surface area (Å²) in [5.74, 6) is -0.378. The molecule has 1 N–H and O–H groups in total. The predicted octanol–water partition coefficient (Wildman–Crippen LogP) is 3.66. The van der Waals surface area contributed by atoms with Gasteiger partial charge in [-0.25, -0.2) is 4.68 Å². The molecule has 1 unspecified atom stereocenters. The van der Waals surface area contributed by atoms with E-state index in [1.807, 2.05) is 13.8 Å². The normalized spacial score (nSPS) is 13.0. The van der Waals surface area contributed by atoms with E-state index in [1.165, 1.54) is 22.9 Å². The first kappa shape index (κ1) is 24.6. The quantitative estimate of drug-likeness (QED) is 0.683. The van der Waals surface area contributed by atoms with Crippen molar-refractivity contribution in [3.8, 4) is 5.69 Å². The Labute approximate surface area is 180 Å². The molecule has 0 fully saturated rings. The Hall–Kier alpha value is -2.68. The number of carbonyl (C=O) groups excluding carboxylic acids is 1. The monoisotopic (exact) mass is 438 g/mol. The van der Waals surface area contributed by atoms with Gasteiger partial charge in [-0.1, -0.05) is 33.8 Å². The smallest absolute Gasteiger partial charge is 0.349 e. The zero-order chi connectivity index (χ0) is 23.3. The lowest BCUT2D eigenvalue weighted by molar-refractivity contribution is -0.137. The number of halogens is 3. The Morgan fingerprint density at radius 2 is 1.84 bits per heavy atom. The van der Waals surface area contributed by atoms with Crippen molar-refractivity contribution >= 4 is 5.91 Å². The summed E-state index contributed by atoms with van der Waals surface area (Å²) >= 11 is 0. The topological polar surface area (TPSA) is 67.2 Å². The average molecular weight is 438 g/mol. The summed E-state index contributed by atoms with van der Waals surface area (Å²) in [7, 11) is 0. The molecule has 0 bridgehead atoms. The number of rotatable bonds is 8. The molecule has 1 heterocycles. The number of nitrogens with zero attached hydrogens (tertiary/aromatic N) is 3. The number of alkyl halides is 3. The maximum absolute atomic E-state index is 13.1. The van der Waals surface area contributed by atoms with Crippen LogP contribution in [0.3, 0.4) is 0 Å². The fourth-order valence-corrected chi connectivity index (χ4v) is 3.54. The van der Waals surface area contributed by atoms with E-state index in [4.69, 9.17) is 0 Å². The molecule has 170 valence electrons. The third kappa shape index (κ3) is 5.94. The number of aryl methyl sites for hydroxylation is 1. The largest absolute Gasteiger partial charge is 0.416 e. The van der Waals surface area contributed by atoms with E-state index in [2.05, 4.69) is 29.2 Å². The molecule has 0 aliphatic carbocycles. The summed E-state index contributed by atoms with van der Waals surface area (Å²) in [5.41, 5.74) is -1.34. The van der Waals surface area contributed by atoms with Crippen molar-refractivity contribution in [3.05, 3.63) is 57.5 Å². The molecular formula is C22H29F3N4O2. The second kappa shape index (κ2) is 10.1. The molecule has 0 aliphatic rings. The van der Waals surface area contributed by atoms with Gasteiger partial charge in [-0.15, -0.1) is 0 Å². The SMILES string of the molecule is CCN(CC)C(CNC(=O)c1nn(-c2cccc(C(F)(F)F)c2)c(C)cc1=O)C(C)C. The van der Waals surface area contributed by atoms with Crippen molar-refractivity contribution in [2.24, 2.45) is 5.92 Å². The van der Waals surface area contributed by atoms with Crippen molar-refractivity contribution in [2.45, 2.75) is 46.8 Å². The molecule has 2 aromatic rings. The summed E-state index contributed by atoms with van der Waals surface area (Å²) in [5, 5.41) is 6.85. The van der Waals surface area contributed by atoms with Gasteiger partial charge in [0.15, 0.2) is 5.69 Å². The summed E-state index contributed by atoms with van der Waals surface area (Å²) in [6.45, 7) is 11.7. The van der Waals surface area contributed by atoms with E-state index < -0.39 is 23.1 Å². The molecule has 2 rings (SSSR count). The van der Waals surface area contributed by atoms with Crippen molar-refractivity contribution in [1.82, 2.24) is 20.0 Å². The molecule has 9 heteroatoms.